The van der Waals surface area contributed by atoms with E-state index < -0.39 is 5.60 Å². The van der Waals surface area contributed by atoms with Crippen LogP contribution in [0.2, 0.25) is 0 Å². The molecule has 0 amide bonds. The van der Waals surface area contributed by atoms with Crippen molar-refractivity contribution in [2.24, 2.45) is 5.73 Å². The molecule has 18 heavy (non-hydrogen) atoms. The summed E-state index contributed by atoms with van der Waals surface area (Å²) >= 11 is 3.59. The van der Waals surface area contributed by atoms with Crippen molar-refractivity contribution in [1.82, 2.24) is 0 Å². The fraction of sp³-hybridized carbons (Fsp3) is 0.571. The highest BCUT2D eigenvalue weighted by atomic mass is 79.9. The molecule has 1 aromatic carbocycles. The van der Waals surface area contributed by atoms with Gasteiger partial charge in [0.2, 0.25) is 0 Å². The molecular formula is C14H23BrN2O. The summed E-state index contributed by atoms with van der Waals surface area (Å²) in [4.78, 5) is 2.15. The van der Waals surface area contributed by atoms with Gasteiger partial charge in [-0.15, -0.1) is 0 Å². The minimum atomic E-state index is -0.713. The number of rotatable bonds is 5. The first-order valence-electron chi connectivity index (χ1n) is 6.27. The van der Waals surface area contributed by atoms with E-state index >= 15 is 0 Å². The molecule has 0 aliphatic heterocycles. The molecular weight excluding hydrogens is 292 g/mol. The van der Waals surface area contributed by atoms with E-state index in [2.05, 4.69) is 33.8 Å². The summed E-state index contributed by atoms with van der Waals surface area (Å²) in [6.45, 7) is 9.13. The van der Waals surface area contributed by atoms with Gasteiger partial charge in [-0.1, -0.05) is 6.07 Å². The van der Waals surface area contributed by atoms with Crippen molar-refractivity contribution in [3.63, 3.8) is 0 Å². The van der Waals surface area contributed by atoms with Crippen molar-refractivity contribution in [3.8, 4) is 0 Å². The van der Waals surface area contributed by atoms with Gasteiger partial charge < -0.3 is 15.7 Å². The third kappa shape index (κ3) is 4.26. The third-order valence-electron chi connectivity index (χ3n) is 2.80. The van der Waals surface area contributed by atoms with E-state index in [4.69, 9.17) is 5.73 Å². The lowest BCUT2D eigenvalue weighted by Crippen LogP contribution is -2.38. The lowest BCUT2D eigenvalue weighted by atomic mass is 10.1. The van der Waals surface area contributed by atoms with Crippen LogP contribution < -0.4 is 10.6 Å². The molecule has 4 heteroatoms. The Balaban J connectivity index is 3.00. The minimum absolute atomic E-state index is 0.0275. The molecule has 1 aromatic rings. The maximum atomic E-state index is 9.94. The largest absolute Gasteiger partial charge is 0.389 e. The summed E-state index contributed by atoms with van der Waals surface area (Å²) in [5, 5.41) is 9.94. The van der Waals surface area contributed by atoms with E-state index in [0.717, 1.165) is 22.3 Å². The van der Waals surface area contributed by atoms with Gasteiger partial charge in [-0.25, -0.2) is 0 Å². The van der Waals surface area contributed by atoms with E-state index in [9.17, 15) is 5.11 Å². The maximum Gasteiger partial charge on any atom is 0.0765 e. The number of hydrogen-bond acceptors (Lipinski definition) is 3. The monoisotopic (exact) mass is 314 g/mol. The van der Waals surface area contributed by atoms with Gasteiger partial charge >= 0.3 is 0 Å². The summed E-state index contributed by atoms with van der Waals surface area (Å²) in [5.74, 6) is 0. The Kier molecular flexibility index (Phi) is 5.20. The molecule has 0 saturated heterocycles. The Morgan fingerprint density at radius 2 is 2.06 bits per heavy atom. The highest BCUT2D eigenvalue weighted by Gasteiger charge is 2.19. The molecule has 0 fully saturated rings. The summed E-state index contributed by atoms with van der Waals surface area (Å²) in [6, 6.07) is 6.17. The maximum absolute atomic E-state index is 9.94. The van der Waals surface area contributed by atoms with Crippen molar-refractivity contribution >= 4 is 21.6 Å². The van der Waals surface area contributed by atoms with Crippen molar-refractivity contribution in [3.05, 3.63) is 28.2 Å². The number of anilines is 1. The number of likely N-dealkylation sites (N-methyl/N-ethyl adjacent to an activating group) is 1. The number of benzene rings is 1. The van der Waals surface area contributed by atoms with Crippen LogP contribution in [0.15, 0.2) is 22.7 Å². The van der Waals surface area contributed by atoms with Crippen LogP contribution in [-0.4, -0.2) is 23.8 Å². The van der Waals surface area contributed by atoms with E-state index in [-0.39, 0.29) is 6.04 Å². The second kappa shape index (κ2) is 6.04. The van der Waals surface area contributed by atoms with Crippen LogP contribution in [0, 0.1) is 0 Å². The van der Waals surface area contributed by atoms with Gasteiger partial charge in [0.05, 0.1) is 11.3 Å². The van der Waals surface area contributed by atoms with Crippen LogP contribution in [0.3, 0.4) is 0 Å². The fourth-order valence-electron chi connectivity index (χ4n) is 1.90. The molecule has 3 N–H and O–H groups in total. The molecule has 0 spiro atoms. The molecule has 0 radical (unpaired) electrons. The van der Waals surface area contributed by atoms with Crippen molar-refractivity contribution in [2.75, 3.05) is 18.0 Å². The topological polar surface area (TPSA) is 49.5 Å². The minimum Gasteiger partial charge on any atom is -0.389 e. The highest BCUT2D eigenvalue weighted by Crippen LogP contribution is 2.29. The number of nitrogens with zero attached hydrogens (tertiary/aromatic N) is 1. The molecule has 0 heterocycles. The summed E-state index contributed by atoms with van der Waals surface area (Å²) in [6.07, 6.45) is 0. The van der Waals surface area contributed by atoms with Crippen LogP contribution in [0.5, 0.6) is 0 Å². The van der Waals surface area contributed by atoms with E-state index in [1.807, 2.05) is 32.9 Å². The Labute approximate surface area is 118 Å². The van der Waals surface area contributed by atoms with E-state index in [0.29, 0.717) is 6.54 Å². The zero-order chi connectivity index (χ0) is 13.9. The number of hydrogen-bond donors (Lipinski definition) is 2. The quantitative estimate of drug-likeness (QED) is 0.878. The molecule has 0 saturated carbocycles. The number of halogens is 1. The van der Waals surface area contributed by atoms with E-state index in [1.54, 1.807) is 0 Å². The molecule has 0 aliphatic rings. The molecule has 0 bridgehead atoms. The third-order valence-corrected chi connectivity index (χ3v) is 3.43. The van der Waals surface area contributed by atoms with Crippen LogP contribution in [0.4, 0.5) is 5.69 Å². The molecule has 1 unspecified atom stereocenters. The van der Waals surface area contributed by atoms with E-state index in [1.165, 1.54) is 0 Å². The van der Waals surface area contributed by atoms with Crippen LogP contribution >= 0.6 is 15.9 Å². The van der Waals surface area contributed by atoms with Crippen LogP contribution in [-0.2, 0) is 0 Å². The fourth-order valence-corrected chi connectivity index (χ4v) is 2.54. The first-order chi connectivity index (χ1) is 8.24. The zero-order valence-electron chi connectivity index (χ0n) is 11.6. The predicted molar refractivity (Wildman–Crippen MR) is 80.9 cm³/mol. The van der Waals surface area contributed by atoms with Gasteiger partial charge in [0.25, 0.3) is 0 Å². The summed E-state index contributed by atoms with van der Waals surface area (Å²) in [5.41, 5.74) is 7.34. The first-order valence-corrected chi connectivity index (χ1v) is 7.06. The smallest absolute Gasteiger partial charge is 0.0765 e. The van der Waals surface area contributed by atoms with Gasteiger partial charge in [-0.2, -0.15) is 0 Å². The van der Waals surface area contributed by atoms with Crippen molar-refractivity contribution in [2.45, 2.75) is 39.3 Å². The second-order valence-corrected chi connectivity index (χ2v) is 6.18. The number of aliphatic hydroxyl groups is 1. The Bertz CT molecular complexity index is 399. The molecule has 1 rings (SSSR count). The van der Waals surface area contributed by atoms with Gasteiger partial charge in [-0.3, -0.25) is 0 Å². The molecule has 102 valence electrons. The molecule has 3 nitrogen and oxygen atoms in total. The number of nitrogens with two attached hydrogens (primary N) is 1. The highest BCUT2D eigenvalue weighted by molar-refractivity contribution is 9.10. The summed E-state index contributed by atoms with van der Waals surface area (Å²) in [7, 11) is 0. The average Bonchev–Trinajstić information content (AvgIpc) is 2.24. The Morgan fingerprint density at radius 1 is 1.44 bits per heavy atom. The van der Waals surface area contributed by atoms with Crippen molar-refractivity contribution in [1.29, 1.82) is 0 Å². The van der Waals surface area contributed by atoms with Gasteiger partial charge in [0, 0.05) is 23.6 Å². The first kappa shape index (κ1) is 15.5. The summed E-state index contributed by atoms with van der Waals surface area (Å²) < 4.78 is 1.02. The standard InChI is InChI=1S/C14H23BrN2O/c1-5-17(9-14(3,4)18)13-7-6-11(10(2)16)8-12(13)15/h6-8,10,18H,5,9,16H2,1-4H3. The lowest BCUT2D eigenvalue weighted by Gasteiger charge is -2.31. The van der Waals surface area contributed by atoms with Crippen molar-refractivity contribution < 1.29 is 5.11 Å². The molecule has 0 aromatic heterocycles. The Hall–Kier alpha value is -0.580. The van der Waals surface area contributed by atoms with Gasteiger partial charge in [0.15, 0.2) is 0 Å². The normalized spacial score (nSPS) is 13.5. The predicted octanol–water partition coefficient (Wildman–Crippen LogP) is 3.07. The lowest BCUT2D eigenvalue weighted by molar-refractivity contribution is 0.0875. The Morgan fingerprint density at radius 3 is 2.44 bits per heavy atom. The second-order valence-electron chi connectivity index (χ2n) is 5.33. The molecule has 1 atom stereocenters. The zero-order valence-corrected chi connectivity index (χ0v) is 13.2. The average molecular weight is 315 g/mol. The van der Waals surface area contributed by atoms with Gasteiger partial charge in [0.1, 0.15) is 0 Å². The van der Waals surface area contributed by atoms with Crippen LogP contribution in [0.25, 0.3) is 0 Å². The van der Waals surface area contributed by atoms with Crippen LogP contribution in [0.1, 0.15) is 39.3 Å². The molecule has 0 aliphatic carbocycles. The van der Waals surface area contributed by atoms with Gasteiger partial charge in [-0.05, 0) is 61.3 Å². The SMILES string of the molecule is CCN(CC(C)(C)O)c1ccc(C(C)N)cc1Br.